The van der Waals surface area contributed by atoms with E-state index < -0.39 is 0 Å². The van der Waals surface area contributed by atoms with Crippen LogP contribution in [-0.4, -0.2) is 12.3 Å². The summed E-state index contributed by atoms with van der Waals surface area (Å²) in [5.74, 6) is 2.72. The minimum Gasteiger partial charge on any atom is -0.497 e. The van der Waals surface area contributed by atoms with Gasteiger partial charge in [0.1, 0.15) is 11.5 Å². The molecule has 0 radical (unpaired) electrons. The number of aromatic nitrogens is 1. The number of ether oxygens (including phenoxy) is 1. The van der Waals surface area contributed by atoms with Crippen molar-refractivity contribution in [3.8, 4) is 16.9 Å². The normalized spacial score (nSPS) is 15.8. The van der Waals surface area contributed by atoms with Crippen molar-refractivity contribution in [1.29, 1.82) is 0 Å². The lowest BCUT2D eigenvalue weighted by Gasteiger charge is -2.08. The van der Waals surface area contributed by atoms with Crippen LogP contribution in [0.5, 0.6) is 5.75 Å². The Morgan fingerprint density at radius 1 is 1.21 bits per heavy atom. The van der Waals surface area contributed by atoms with Crippen LogP contribution < -0.4 is 10.5 Å². The first-order valence-electron chi connectivity index (χ1n) is 6.69. The molecule has 0 saturated heterocycles. The Morgan fingerprint density at radius 3 is 2.53 bits per heavy atom. The Kier molecular flexibility index (Phi) is 3.15. The molecule has 1 fully saturated rings. The van der Waals surface area contributed by atoms with Gasteiger partial charge in [0.05, 0.1) is 12.7 Å². The van der Waals surface area contributed by atoms with Gasteiger partial charge in [-0.3, -0.25) is 0 Å². The van der Waals surface area contributed by atoms with Crippen molar-refractivity contribution in [2.75, 3.05) is 12.8 Å². The third-order valence-corrected chi connectivity index (χ3v) is 3.85. The van der Waals surface area contributed by atoms with E-state index in [-0.39, 0.29) is 0 Å². The number of methoxy groups -OCH3 is 1. The number of hydrogen-bond donors (Lipinski definition) is 1. The number of anilines is 1. The minimum absolute atomic E-state index is 0.460. The van der Waals surface area contributed by atoms with Gasteiger partial charge in [0.2, 0.25) is 0 Å². The standard InChI is InChI=1S/C15H18N2O2/c1-18-12-8-6-10(7-9-12)13-14(19-17-15(13)16)11-4-2-3-5-11/h6-9,11H,2-5H2,1H3,(H2,16,17). The highest BCUT2D eigenvalue weighted by Gasteiger charge is 2.26. The SMILES string of the molecule is COc1ccc(-c2c(N)noc2C2CCCC2)cc1. The van der Waals surface area contributed by atoms with E-state index in [9.17, 15) is 0 Å². The summed E-state index contributed by atoms with van der Waals surface area (Å²) < 4.78 is 10.7. The Labute approximate surface area is 112 Å². The first-order valence-corrected chi connectivity index (χ1v) is 6.69. The number of nitrogens with zero attached hydrogens (tertiary/aromatic N) is 1. The van der Waals surface area contributed by atoms with Crippen LogP contribution in [0.15, 0.2) is 28.8 Å². The van der Waals surface area contributed by atoms with Crippen LogP contribution in [0.3, 0.4) is 0 Å². The highest BCUT2D eigenvalue weighted by Crippen LogP contribution is 2.41. The van der Waals surface area contributed by atoms with Crippen molar-refractivity contribution in [2.45, 2.75) is 31.6 Å². The van der Waals surface area contributed by atoms with Gasteiger partial charge in [0, 0.05) is 5.92 Å². The smallest absolute Gasteiger partial charge is 0.175 e. The van der Waals surface area contributed by atoms with E-state index in [1.165, 1.54) is 12.8 Å². The maximum absolute atomic E-state index is 5.98. The Bertz CT molecular complexity index is 554. The van der Waals surface area contributed by atoms with Gasteiger partial charge in [-0.1, -0.05) is 30.1 Å². The first-order chi connectivity index (χ1) is 9.29. The average Bonchev–Trinajstić information content (AvgIpc) is 3.08. The molecule has 1 aromatic carbocycles. The molecule has 0 atom stereocenters. The van der Waals surface area contributed by atoms with Crippen molar-refractivity contribution in [2.24, 2.45) is 0 Å². The van der Waals surface area contributed by atoms with Crippen molar-refractivity contribution < 1.29 is 9.26 Å². The second kappa shape index (κ2) is 4.96. The summed E-state index contributed by atoms with van der Waals surface area (Å²) in [6.07, 6.45) is 4.84. The zero-order valence-electron chi connectivity index (χ0n) is 11.1. The molecule has 0 spiro atoms. The van der Waals surface area contributed by atoms with E-state index in [1.807, 2.05) is 24.3 Å². The molecule has 0 amide bonds. The topological polar surface area (TPSA) is 61.3 Å². The third-order valence-electron chi connectivity index (χ3n) is 3.85. The Hall–Kier alpha value is -1.97. The molecule has 2 N–H and O–H groups in total. The molecule has 1 aliphatic carbocycles. The van der Waals surface area contributed by atoms with Gasteiger partial charge >= 0.3 is 0 Å². The zero-order valence-corrected chi connectivity index (χ0v) is 11.1. The summed E-state index contributed by atoms with van der Waals surface area (Å²) in [7, 11) is 1.66. The molecule has 1 saturated carbocycles. The molecule has 2 aromatic rings. The number of hydrogen-bond acceptors (Lipinski definition) is 4. The molecule has 100 valence electrons. The monoisotopic (exact) mass is 258 g/mol. The molecule has 3 rings (SSSR count). The van der Waals surface area contributed by atoms with Gasteiger partial charge in [0.25, 0.3) is 0 Å². The molecule has 1 heterocycles. The predicted octanol–water partition coefficient (Wildman–Crippen LogP) is 3.59. The third kappa shape index (κ3) is 2.18. The summed E-state index contributed by atoms with van der Waals surface area (Å²) in [6, 6.07) is 7.86. The van der Waals surface area contributed by atoms with Gasteiger partial charge in [-0.2, -0.15) is 0 Å². The molecule has 19 heavy (non-hydrogen) atoms. The number of rotatable bonds is 3. The van der Waals surface area contributed by atoms with E-state index in [2.05, 4.69) is 5.16 Å². The van der Waals surface area contributed by atoms with Gasteiger partial charge < -0.3 is 15.0 Å². The second-order valence-corrected chi connectivity index (χ2v) is 5.02. The van der Waals surface area contributed by atoms with E-state index >= 15 is 0 Å². The van der Waals surface area contributed by atoms with Crippen LogP contribution in [0.2, 0.25) is 0 Å². The van der Waals surface area contributed by atoms with Crippen LogP contribution in [0.4, 0.5) is 5.82 Å². The average molecular weight is 258 g/mol. The highest BCUT2D eigenvalue weighted by molar-refractivity contribution is 5.76. The van der Waals surface area contributed by atoms with Gasteiger partial charge in [-0.05, 0) is 30.5 Å². The number of benzene rings is 1. The Balaban J connectivity index is 2.00. The molecule has 1 aromatic heterocycles. The molecule has 4 nitrogen and oxygen atoms in total. The molecular formula is C15H18N2O2. The molecule has 0 aliphatic heterocycles. The van der Waals surface area contributed by atoms with Crippen molar-refractivity contribution in [3.63, 3.8) is 0 Å². The maximum atomic E-state index is 5.98. The van der Waals surface area contributed by atoms with Gasteiger partial charge in [-0.25, -0.2) is 0 Å². The van der Waals surface area contributed by atoms with E-state index in [0.29, 0.717) is 11.7 Å². The summed E-state index contributed by atoms with van der Waals surface area (Å²) in [6.45, 7) is 0. The van der Waals surface area contributed by atoms with Crippen molar-refractivity contribution >= 4 is 5.82 Å². The fourth-order valence-corrected chi connectivity index (χ4v) is 2.83. The fourth-order valence-electron chi connectivity index (χ4n) is 2.83. The molecule has 0 bridgehead atoms. The zero-order chi connectivity index (χ0) is 13.2. The van der Waals surface area contributed by atoms with Crippen LogP contribution in [0, 0.1) is 0 Å². The van der Waals surface area contributed by atoms with Gasteiger partial charge in [-0.15, -0.1) is 0 Å². The lowest BCUT2D eigenvalue weighted by Crippen LogP contribution is -1.95. The molecule has 4 heteroatoms. The predicted molar refractivity (Wildman–Crippen MR) is 74.1 cm³/mol. The second-order valence-electron chi connectivity index (χ2n) is 5.02. The van der Waals surface area contributed by atoms with E-state index in [1.54, 1.807) is 7.11 Å². The van der Waals surface area contributed by atoms with Crippen LogP contribution in [0.1, 0.15) is 37.4 Å². The van der Waals surface area contributed by atoms with E-state index in [0.717, 1.165) is 35.5 Å². The molecule has 0 unspecified atom stereocenters. The Morgan fingerprint density at radius 2 is 1.89 bits per heavy atom. The quantitative estimate of drug-likeness (QED) is 0.913. The van der Waals surface area contributed by atoms with Crippen LogP contribution in [-0.2, 0) is 0 Å². The summed E-state index contributed by atoms with van der Waals surface area (Å²) >= 11 is 0. The molecular weight excluding hydrogens is 240 g/mol. The largest absolute Gasteiger partial charge is 0.497 e. The number of nitrogen functional groups attached to an aromatic ring is 1. The summed E-state index contributed by atoms with van der Waals surface area (Å²) in [5.41, 5.74) is 7.97. The lowest BCUT2D eigenvalue weighted by molar-refractivity contribution is 0.363. The van der Waals surface area contributed by atoms with E-state index in [4.69, 9.17) is 15.0 Å². The minimum atomic E-state index is 0.460. The maximum Gasteiger partial charge on any atom is 0.175 e. The molecule has 1 aliphatic rings. The highest BCUT2D eigenvalue weighted by atomic mass is 16.5. The summed E-state index contributed by atoms with van der Waals surface area (Å²) in [4.78, 5) is 0. The van der Waals surface area contributed by atoms with Crippen LogP contribution >= 0.6 is 0 Å². The summed E-state index contributed by atoms with van der Waals surface area (Å²) in [5, 5.41) is 3.95. The first kappa shape index (κ1) is 12.1. The van der Waals surface area contributed by atoms with Gasteiger partial charge in [0.15, 0.2) is 5.82 Å². The van der Waals surface area contributed by atoms with Crippen molar-refractivity contribution in [3.05, 3.63) is 30.0 Å². The lowest BCUT2D eigenvalue weighted by atomic mass is 9.96. The fraction of sp³-hybridized carbons (Fsp3) is 0.400. The van der Waals surface area contributed by atoms with Crippen LogP contribution in [0.25, 0.3) is 11.1 Å². The number of nitrogens with two attached hydrogens (primary N) is 1. The van der Waals surface area contributed by atoms with Crippen molar-refractivity contribution in [1.82, 2.24) is 5.16 Å².